The molecule has 0 amide bonds. The molecule has 0 aliphatic carbocycles. The molecule has 0 saturated carbocycles. The van der Waals surface area contributed by atoms with Crippen LogP contribution < -0.4 is 4.74 Å². The number of methoxy groups -OCH3 is 1. The Balaban J connectivity index is 1.91. The standard InChI is InChI=1S/C14H15N3O3/c1-20-11-4-2-9(3-5-11)13-16-15-12-8-10(14(18)19)6-7-17(12)13/h2-5,10H,6-8H2,1H3,(H,18,19). The van der Waals surface area contributed by atoms with Crippen LogP contribution in [0.3, 0.4) is 0 Å². The molecule has 3 rings (SSSR count). The molecule has 0 radical (unpaired) electrons. The quantitative estimate of drug-likeness (QED) is 0.919. The summed E-state index contributed by atoms with van der Waals surface area (Å²) in [7, 11) is 1.62. The molecule has 0 spiro atoms. The Morgan fingerprint density at radius 3 is 2.75 bits per heavy atom. The number of carboxylic acid groups (broad SMARTS) is 1. The number of nitrogens with zero attached hydrogens (tertiary/aromatic N) is 3. The molecule has 1 aromatic carbocycles. The monoisotopic (exact) mass is 273 g/mol. The minimum Gasteiger partial charge on any atom is -0.497 e. The number of hydrogen-bond acceptors (Lipinski definition) is 4. The number of fused-ring (bicyclic) bond motifs is 1. The first kappa shape index (κ1) is 12.7. The highest BCUT2D eigenvalue weighted by atomic mass is 16.5. The molecule has 6 heteroatoms. The molecule has 2 heterocycles. The number of carboxylic acids is 1. The molecule has 1 unspecified atom stereocenters. The van der Waals surface area contributed by atoms with Gasteiger partial charge in [-0.05, 0) is 30.7 Å². The van der Waals surface area contributed by atoms with Gasteiger partial charge >= 0.3 is 5.97 Å². The molecular weight excluding hydrogens is 258 g/mol. The van der Waals surface area contributed by atoms with Crippen LogP contribution in [0.15, 0.2) is 24.3 Å². The number of carbonyl (C=O) groups is 1. The van der Waals surface area contributed by atoms with Crippen molar-refractivity contribution in [3.63, 3.8) is 0 Å². The van der Waals surface area contributed by atoms with Crippen LogP contribution in [0.5, 0.6) is 5.75 Å². The Morgan fingerprint density at radius 2 is 2.10 bits per heavy atom. The Kier molecular flexibility index (Phi) is 3.14. The van der Waals surface area contributed by atoms with Gasteiger partial charge in [0.15, 0.2) is 5.82 Å². The van der Waals surface area contributed by atoms with Gasteiger partial charge in [0.25, 0.3) is 0 Å². The van der Waals surface area contributed by atoms with Crippen molar-refractivity contribution in [1.29, 1.82) is 0 Å². The molecule has 6 nitrogen and oxygen atoms in total. The number of hydrogen-bond donors (Lipinski definition) is 1. The lowest BCUT2D eigenvalue weighted by atomic mass is 9.98. The van der Waals surface area contributed by atoms with Crippen LogP contribution in [0.1, 0.15) is 12.2 Å². The van der Waals surface area contributed by atoms with Crippen molar-refractivity contribution in [3.05, 3.63) is 30.1 Å². The zero-order valence-electron chi connectivity index (χ0n) is 11.1. The van der Waals surface area contributed by atoms with Crippen molar-refractivity contribution in [2.24, 2.45) is 5.92 Å². The Hall–Kier alpha value is -2.37. The van der Waals surface area contributed by atoms with Gasteiger partial charge in [-0.15, -0.1) is 10.2 Å². The van der Waals surface area contributed by atoms with E-state index >= 15 is 0 Å². The number of rotatable bonds is 3. The van der Waals surface area contributed by atoms with Crippen molar-refractivity contribution in [3.8, 4) is 17.1 Å². The van der Waals surface area contributed by atoms with Crippen molar-refractivity contribution in [2.45, 2.75) is 19.4 Å². The molecule has 1 aliphatic rings. The van der Waals surface area contributed by atoms with Crippen LogP contribution in [-0.2, 0) is 17.8 Å². The summed E-state index contributed by atoms with van der Waals surface area (Å²) in [6.07, 6.45) is 1.06. The lowest BCUT2D eigenvalue weighted by molar-refractivity contribution is -0.142. The van der Waals surface area contributed by atoms with Gasteiger partial charge < -0.3 is 14.4 Å². The lowest BCUT2D eigenvalue weighted by Crippen LogP contribution is -2.26. The Bertz CT molecular complexity index is 634. The van der Waals surface area contributed by atoms with Gasteiger partial charge in [0.2, 0.25) is 0 Å². The summed E-state index contributed by atoms with van der Waals surface area (Å²) in [5.74, 6) is 1.21. The van der Waals surface area contributed by atoms with E-state index in [-0.39, 0.29) is 5.92 Å². The summed E-state index contributed by atoms with van der Waals surface area (Å²) in [6.45, 7) is 0.640. The summed E-state index contributed by atoms with van der Waals surface area (Å²) in [6, 6.07) is 7.61. The van der Waals surface area contributed by atoms with Gasteiger partial charge in [0, 0.05) is 18.5 Å². The van der Waals surface area contributed by atoms with Crippen molar-refractivity contribution in [1.82, 2.24) is 14.8 Å². The topological polar surface area (TPSA) is 77.2 Å². The summed E-state index contributed by atoms with van der Waals surface area (Å²) in [5, 5.41) is 17.4. The second kappa shape index (κ2) is 4.96. The van der Waals surface area contributed by atoms with Crippen LogP contribution in [0.25, 0.3) is 11.4 Å². The highest BCUT2D eigenvalue weighted by Gasteiger charge is 2.27. The molecule has 1 atom stereocenters. The van der Waals surface area contributed by atoms with Crippen LogP contribution in [0.4, 0.5) is 0 Å². The maximum Gasteiger partial charge on any atom is 0.307 e. The first-order valence-corrected chi connectivity index (χ1v) is 6.48. The third kappa shape index (κ3) is 2.13. The summed E-state index contributed by atoms with van der Waals surface area (Å²) in [5.41, 5.74) is 0.957. The molecule has 1 aliphatic heterocycles. The number of aliphatic carboxylic acids is 1. The Labute approximate surface area is 116 Å². The molecule has 0 bridgehead atoms. The fraction of sp³-hybridized carbons (Fsp3) is 0.357. The van der Waals surface area contributed by atoms with Gasteiger partial charge in [-0.2, -0.15) is 0 Å². The third-order valence-corrected chi connectivity index (χ3v) is 3.65. The first-order valence-electron chi connectivity index (χ1n) is 6.48. The molecule has 2 aromatic rings. The summed E-state index contributed by atoms with van der Waals surface area (Å²) < 4.78 is 7.13. The fourth-order valence-corrected chi connectivity index (χ4v) is 2.49. The number of ether oxygens (including phenoxy) is 1. The predicted molar refractivity (Wildman–Crippen MR) is 71.5 cm³/mol. The van der Waals surface area contributed by atoms with E-state index < -0.39 is 5.97 Å². The van der Waals surface area contributed by atoms with Crippen LogP contribution in [-0.4, -0.2) is 33.0 Å². The summed E-state index contributed by atoms with van der Waals surface area (Å²) >= 11 is 0. The van der Waals surface area contributed by atoms with Gasteiger partial charge in [0.05, 0.1) is 13.0 Å². The van der Waals surface area contributed by atoms with E-state index in [1.54, 1.807) is 7.11 Å². The number of aromatic nitrogens is 3. The van der Waals surface area contributed by atoms with E-state index in [4.69, 9.17) is 9.84 Å². The third-order valence-electron chi connectivity index (χ3n) is 3.65. The minimum atomic E-state index is -0.759. The van der Waals surface area contributed by atoms with E-state index in [0.29, 0.717) is 19.4 Å². The average molecular weight is 273 g/mol. The molecule has 20 heavy (non-hydrogen) atoms. The van der Waals surface area contributed by atoms with Crippen LogP contribution in [0, 0.1) is 5.92 Å². The normalized spacial score (nSPS) is 17.6. The lowest BCUT2D eigenvalue weighted by Gasteiger charge is -2.20. The van der Waals surface area contributed by atoms with Crippen molar-refractivity contribution >= 4 is 5.97 Å². The molecule has 104 valence electrons. The average Bonchev–Trinajstić information content (AvgIpc) is 2.90. The van der Waals surface area contributed by atoms with E-state index in [1.807, 2.05) is 28.8 Å². The highest BCUT2D eigenvalue weighted by molar-refractivity contribution is 5.70. The first-order chi connectivity index (χ1) is 9.69. The molecule has 0 saturated heterocycles. The van der Waals surface area contributed by atoms with E-state index in [1.165, 1.54) is 0 Å². The second-order valence-electron chi connectivity index (χ2n) is 4.85. The zero-order valence-corrected chi connectivity index (χ0v) is 11.1. The van der Waals surface area contributed by atoms with E-state index in [0.717, 1.165) is 23.0 Å². The number of benzene rings is 1. The van der Waals surface area contributed by atoms with Crippen molar-refractivity contribution in [2.75, 3.05) is 7.11 Å². The molecule has 0 fully saturated rings. The maximum atomic E-state index is 11.0. The largest absolute Gasteiger partial charge is 0.497 e. The smallest absolute Gasteiger partial charge is 0.307 e. The van der Waals surface area contributed by atoms with Gasteiger partial charge in [-0.1, -0.05) is 0 Å². The summed E-state index contributed by atoms with van der Waals surface area (Å²) in [4.78, 5) is 11.0. The Morgan fingerprint density at radius 1 is 1.35 bits per heavy atom. The van der Waals surface area contributed by atoms with E-state index in [9.17, 15) is 4.79 Å². The fourth-order valence-electron chi connectivity index (χ4n) is 2.49. The second-order valence-corrected chi connectivity index (χ2v) is 4.85. The maximum absolute atomic E-state index is 11.0. The van der Waals surface area contributed by atoms with Crippen molar-refractivity contribution < 1.29 is 14.6 Å². The predicted octanol–water partition coefficient (Wildman–Crippen LogP) is 1.60. The van der Waals surface area contributed by atoms with Crippen LogP contribution >= 0.6 is 0 Å². The highest BCUT2D eigenvalue weighted by Crippen LogP contribution is 2.26. The molecular formula is C14H15N3O3. The zero-order chi connectivity index (χ0) is 14.1. The SMILES string of the molecule is COc1ccc(-c2nnc3n2CCC(C(=O)O)C3)cc1. The van der Waals surface area contributed by atoms with Gasteiger partial charge in [-0.3, -0.25) is 4.79 Å². The molecule has 1 N–H and O–H groups in total. The van der Waals surface area contributed by atoms with E-state index in [2.05, 4.69) is 10.2 Å². The molecule has 1 aromatic heterocycles. The van der Waals surface area contributed by atoms with Gasteiger partial charge in [-0.25, -0.2) is 0 Å². The van der Waals surface area contributed by atoms with Crippen LogP contribution in [0.2, 0.25) is 0 Å². The van der Waals surface area contributed by atoms with Gasteiger partial charge in [0.1, 0.15) is 11.6 Å². The minimum absolute atomic E-state index is 0.351.